The van der Waals surface area contributed by atoms with Crippen LogP contribution in [0.2, 0.25) is 0 Å². The lowest BCUT2D eigenvalue weighted by atomic mass is 9.90. The molecule has 2 aliphatic heterocycles. The van der Waals surface area contributed by atoms with E-state index in [9.17, 15) is 28.2 Å². The second kappa shape index (κ2) is 4.56. The maximum atomic E-state index is 12.2. The van der Waals surface area contributed by atoms with E-state index in [1.54, 1.807) is 0 Å². The first kappa shape index (κ1) is 14.6. The van der Waals surface area contributed by atoms with Crippen molar-refractivity contribution in [2.75, 3.05) is 6.54 Å². The molecule has 0 unspecified atom stereocenters. The zero-order valence-corrected chi connectivity index (χ0v) is 11.6. The third kappa shape index (κ3) is 2.06. The normalized spacial score (nSPS) is 23.6. The quantitative estimate of drug-likeness (QED) is 0.659. The predicted octanol–water partition coefficient (Wildman–Crippen LogP) is 0.0446. The van der Waals surface area contributed by atoms with Gasteiger partial charge in [0.15, 0.2) is 6.04 Å². The molecule has 0 spiro atoms. The maximum absolute atomic E-state index is 12.2. The Morgan fingerprint density at radius 3 is 2.64 bits per heavy atom. The van der Waals surface area contributed by atoms with Gasteiger partial charge in [0.25, 0.3) is 0 Å². The SMILES string of the molecule is O=C(O)[C@H]1c2cccc(O)c2[C@@H]2CN1C(=O)N2OS(=O)(=O)O. The molecule has 2 aliphatic rings. The number of hydrogen-bond acceptors (Lipinski definition) is 6. The van der Waals surface area contributed by atoms with Crippen molar-refractivity contribution >= 4 is 22.4 Å². The van der Waals surface area contributed by atoms with E-state index in [1.165, 1.54) is 18.2 Å². The Bertz CT molecular complexity index is 776. The minimum atomic E-state index is -4.98. The number of benzene rings is 1. The number of carbonyl (C=O) groups excluding carboxylic acids is 1. The second-order valence-corrected chi connectivity index (χ2v) is 5.80. The first-order valence-electron chi connectivity index (χ1n) is 6.02. The summed E-state index contributed by atoms with van der Waals surface area (Å²) in [5.41, 5.74) is 0.221. The molecular formula is C11H10N2O8S. The summed E-state index contributed by atoms with van der Waals surface area (Å²) >= 11 is 0. The monoisotopic (exact) mass is 330 g/mol. The molecule has 22 heavy (non-hydrogen) atoms. The summed E-state index contributed by atoms with van der Waals surface area (Å²) in [5, 5.41) is 19.6. The van der Waals surface area contributed by atoms with Crippen LogP contribution < -0.4 is 0 Å². The molecular weight excluding hydrogens is 320 g/mol. The predicted molar refractivity (Wildman–Crippen MR) is 67.8 cm³/mol. The molecule has 1 aromatic rings. The number of aliphatic carboxylic acids is 1. The van der Waals surface area contributed by atoms with Crippen LogP contribution in [0.4, 0.5) is 4.79 Å². The molecule has 11 heteroatoms. The summed E-state index contributed by atoms with van der Waals surface area (Å²) in [6.45, 7) is -0.199. The summed E-state index contributed by atoms with van der Waals surface area (Å²) < 4.78 is 34.7. The molecule has 0 saturated carbocycles. The Morgan fingerprint density at radius 1 is 1.36 bits per heavy atom. The number of hydrogen-bond donors (Lipinski definition) is 3. The van der Waals surface area contributed by atoms with Crippen molar-refractivity contribution in [1.82, 2.24) is 9.96 Å². The van der Waals surface area contributed by atoms with Crippen molar-refractivity contribution in [2.24, 2.45) is 0 Å². The molecule has 1 fully saturated rings. The highest BCUT2D eigenvalue weighted by atomic mass is 32.3. The smallest absolute Gasteiger partial charge is 0.418 e. The number of urea groups is 1. The number of fused-ring (bicyclic) bond motifs is 4. The topological polar surface area (TPSA) is 145 Å². The molecule has 2 atom stereocenters. The second-order valence-electron chi connectivity index (χ2n) is 4.80. The van der Waals surface area contributed by atoms with Gasteiger partial charge in [-0.3, -0.25) is 4.55 Å². The van der Waals surface area contributed by atoms with Gasteiger partial charge >= 0.3 is 22.4 Å². The van der Waals surface area contributed by atoms with Gasteiger partial charge in [-0.05, 0) is 11.6 Å². The standard InChI is InChI=1S/C11H10N2O8S/c14-7-3-1-2-5-8(7)6-4-12(9(5)10(15)16)11(17)13(6)21-22(18,19)20/h1-3,6,9,14H,4H2,(H,15,16)(H,18,19,20)/t6-,9+/m0/s1. The largest absolute Gasteiger partial charge is 0.508 e. The van der Waals surface area contributed by atoms with E-state index in [2.05, 4.69) is 4.28 Å². The highest BCUT2D eigenvalue weighted by Crippen LogP contribution is 2.47. The summed E-state index contributed by atoms with van der Waals surface area (Å²) in [7, 11) is -4.98. The highest BCUT2D eigenvalue weighted by molar-refractivity contribution is 7.80. The number of phenolic OH excluding ortho intramolecular Hbond substituents is 1. The Morgan fingerprint density at radius 2 is 2.05 bits per heavy atom. The van der Waals surface area contributed by atoms with E-state index in [4.69, 9.17) is 4.55 Å². The number of carboxylic acid groups (broad SMARTS) is 1. The fraction of sp³-hybridized carbons (Fsp3) is 0.273. The number of phenols is 1. The lowest BCUT2D eigenvalue weighted by Gasteiger charge is -2.30. The van der Waals surface area contributed by atoms with Gasteiger partial charge in [-0.15, -0.1) is 4.28 Å². The summed E-state index contributed by atoms with van der Waals surface area (Å²) in [5.74, 6) is -1.64. The van der Waals surface area contributed by atoms with Crippen LogP contribution in [0, 0.1) is 0 Å². The lowest BCUT2D eigenvalue weighted by Crippen LogP contribution is -2.38. The van der Waals surface area contributed by atoms with E-state index in [1.807, 2.05) is 0 Å². The van der Waals surface area contributed by atoms with Crippen LogP contribution in [0.15, 0.2) is 18.2 Å². The van der Waals surface area contributed by atoms with Crippen molar-refractivity contribution < 1.29 is 37.1 Å². The Kier molecular flexibility index (Phi) is 3.02. The average Bonchev–Trinajstić information content (AvgIpc) is 2.63. The maximum Gasteiger partial charge on any atom is 0.418 e. The molecule has 1 saturated heterocycles. The first-order valence-corrected chi connectivity index (χ1v) is 7.38. The first-order chi connectivity index (χ1) is 10.2. The van der Waals surface area contributed by atoms with Crippen molar-refractivity contribution in [3.63, 3.8) is 0 Å². The number of nitrogens with zero attached hydrogens (tertiary/aromatic N) is 2. The van der Waals surface area contributed by atoms with Gasteiger partial charge in [-0.1, -0.05) is 12.1 Å². The van der Waals surface area contributed by atoms with E-state index in [0.717, 1.165) is 4.90 Å². The zero-order chi connectivity index (χ0) is 16.2. The van der Waals surface area contributed by atoms with Crippen LogP contribution in [0.25, 0.3) is 0 Å². The van der Waals surface area contributed by atoms with Crippen LogP contribution in [0.3, 0.4) is 0 Å². The summed E-state index contributed by atoms with van der Waals surface area (Å²) in [6.07, 6.45) is 0. The van der Waals surface area contributed by atoms with E-state index in [0.29, 0.717) is 5.06 Å². The highest BCUT2D eigenvalue weighted by Gasteiger charge is 2.53. The summed E-state index contributed by atoms with van der Waals surface area (Å²) in [4.78, 5) is 24.5. The molecule has 0 aromatic heterocycles. The molecule has 0 aliphatic carbocycles. The van der Waals surface area contributed by atoms with Crippen molar-refractivity contribution in [1.29, 1.82) is 0 Å². The van der Waals surface area contributed by atoms with Gasteiger partial charge in [0.05, 0.1) is 6.54 Å². The number of aromatic hydroxyl groups is 1. The van der Waals surface area contributed by atoms with E-state index >= 15 is 0 Å². The van der Waals surface area contributed by atoms with Crippen LogP contribution in [-0.4, -0.2) is 51.7 Å². The molecule has 118 valence electrons. The molecule has 3 rings (SSSR count). The zero-order valence-electron chi connectivity index (χ0n) is 10.8. The summed E-state index contributed by atoms with van der Waals surface area (Å²) in [6, 6.07) is 0.626. The lowest BCUT2D eigenvalue weighted by molar-refractivity contribution is -0.142. The van der Waals surface area contributed by atoms with Gasteiger partial charge in [0, 0.05) is 5.56 Å². The van der Waals surface area contributed by atoms with Gasteiger partial charge in [-0.2, -0.15) is 13.5 Å². The molecule has 1 aromatic carbocycles. The third-order valence-corrected chi connectivity index (χ3v) is 3.90. The number of carbonyl (C=O) groups is 2. The van der Waals surface area contributed by atoms with Gasteiger partial charge in [0.2, 0.25) is 0 Å². The number of hydroxylamine groups is 2. The van der Waals surface area contributed by atoms with Crippen molar-refractivity contribution in [3.8, 4) is 5.75 Å². The van der Waals surface area contributed by atoms with Crippen LogP contribution in [0.5, 0.6) is 5.75 Å². The fourth-order valence-corrected chi connectivity index (χ4v) is 3.18. The molecule has 2 amide bonds. The van der Waals surface area contributed by atoms with Gasteiger partial charge in [0.1, 0.15) is 11.8 Å². The van der Waals surface area contributed by atoms with E-state index in [-0.39, 0.29) is 23.4 Å². The Labute approximate surface area is 124 Å². The number of amides is 2. The minimum Gasteiger partial charge on any atom is -0.508 e. The third-order valence-electron chi connectivity index (χ3n) is 3.55. The van der Waals surface area contributed by atoms with Crippen LogP contribution in [0.1, 0.15) is 23.2 Å². The van der Waals surface area contributed by atoms with Gasteiger partial charge < -0.3 is 15.1 Å². The number of rotatable bonds is 3. The van der Waals surface area contributed by atoms with Gasteiger partial charge in [-0.25, -0.2) is 9.59 Å². The number of carboxylic acids is 1. The molecule has 2 heterocycles. The Hall–Kier alpha value is -2.37. The van der Waals surface area contributed by atoms with Crippen LogP contribution >= 0.6 is 0 Å². The Balaban J connectivity index is 2.17. The van der Waals surface area contributed by atoms with Crippen LogP contribution in [-0.2, 0) is 19.5 Å². The molecule has 3 N–H and O–H groups in total. The van der Waals surface area contributed by atoms with E-state index < -0.39 is 34.5 Å². The molecule has 2 bridgehead atoms. The minimum absolute atomic E-state index is 0.0700. The fourth-order valence-electron chi connectivity index (χ4n) is 2.81. The van der Waals surface area contributed by atoms with Crippen molar-refractivity contribution in [2.45, 2.75) is 12.1 Å². The molecule has 0 radical (unpaired) electrons. The van der Waals surface area contributed by atoms with Crippen molar-refractivity contribution in [3.05, 3.63) is 29.3 Å². The average molecular weight is 330 g/mol. The molecule has 10 nitrogen and oxygen atoms in total.